The molecule has 0 aromatic rings. The maximum Gasteiger partial charge on any atom is 0.311 e. The monoisotopic (exact) mass is 258 g/mol. The second kappa shape index (κ2) is 11.8. The first-order valence-corrected chi connectivity index (χ1v) is 5.61. The van der Waals surface area contributed by atoms with Crippen molar-refractivity contribution in [1.82, 2.24) is 0 Å². The topological polar surface area (TPSA) is 93.1 Å². The number of ether oxygens (including phenoxy) is 2. The standard InChI is InChI=1S/C12H18O6/c13-7-1-3-9-17-11(15)5-6-12(16)18-10-4-2-8-14/h3-4,9-10,13-14H,1-2,5-8H2. The molecule has 18 heavy (non-hydrogen) atoms. The van der Waals surface area contributed by atoms with Crippen molar-refractivity contribution >= 4 is 11.9 Å². The van der Waals surface area contributed by atoms with E-state index in [0.717, 1.165) is 0 Å². The lowest BCUT2D eigenvalue weighted by atomic mass is 10.3. The van der Waals surface area contributed by atoms with Crippen LogP contribution in [-0.4, -0.2) is 35.4 Å². The van der Waals surface area contributed by atoms with E-state index in [1.54, 1.807) is 0 Å². The summed E-state index contributed by atoms with van der Waals surface area (Å²) in [5.74, 6) is -1.08. The number of hydrogen-bond acceptors (Lipinski definition) is 6. The zero-order chi connectivity index (χ0) is 13.6. The largest absolute Gasteiger partial charge is 0.435 e. The van der Waals surface area contributed by atoms with Crippen molar-refractivity contribution < 1.29 is 29.3 Å². The van der Waals surface area contributed by atoms with Crippen LogP contribution >= 0.6 is 0 Å². The smallest absolute Gasteiger partial charge is 0.311 e. The van der Waals surface area contributed by atoms with Gasteiger partial charge in [-0.2, -0.15) is 0 Å². The molecular formula is C12H18O6. The third kappa shape index (κ3) is 10.8. The van der Waals surface area contributed by atoms with Crippen LogP contribution in [0.2, 0.25) is 0 Å². The molecule has 0 aliphatic heterocycles. The van der Waals surface area contributed by atoms with Crippen LogP contribution < -0.4 is 0 Å². The average molecular weight is 258 g/mol. The molecule has 2 N–H and O–H groups in total. The van der Waals surface area contributed by atoms with Crippen molar-refractivity contribution in [2.24, 2.45) is 0 Å². The summed E-state index contributed by atoms with van der Waals surface area (Å²) in [6, 6.07) is 0. The van der Waals surface area contributed by atoms with Crippen LogP contribution in [0, 0.1) is 0 Å². The fourth-order valence-corrected chi connectivity index (χ4v) is 0.855. The van der Waals surface area contributed by atoms with Gasteiger partial charge >= 0.3 is 11.9 Å². The fraction of sp³-hybridized carbons (Fsp3) is 0.500. The van der Waals surface area contributed by atoms with Crippen LogP contribution in [0.5, 0.6) is 0 Å². The average Bonchev–Trinajstić information content (AvgIpc) is 2.37. The number of carbonyl (C=O) groups is 2. The molecule has 0 aromatic heterocycles. The molecule has 0 amide bonds. The van der Waals surface area contributed by atoms with Crippen molar-refractivity contribution in [2.75, 3.05) is 13.2 Å². The number of rotatable bonds is 9. The second-order valence-corrected chi connectivity index (χ2v) is 3.25. The number of aliphatic hydroxyl groups excluding tert-OH is 2. The normalized spacial score (nSPS) is 11.0. The molecule has 0 rings (SSSR count). The highest BCUT2D eigenvalue weighted by Crippen LogP contribution is 1.97. The first-order valence-electron chi connectivity index (χ1n) is 5.61. The Morgan fingerprint density at radius 1 is 0.833 bits per heavy atom. The molecular weight excluding hydrogens is 240 g/mol. The van der Waals surface area contributed by atoms with E-state index < -0.39 is 11.9 Å². The lowest BCUT2D eigenvalue weighted by molar-refractivity contribution is -0.144. The van der Waals surface area contributed by atoms with Crippen molar-refractivity contribution in [1.29, 1.82) is 0 Å². The number of aliphatic hydroxyl groups is 2. The Labute approximate surface area is 106 Å². The predicted octanol–water partition coefficient (Wildman–Crippen LogP) is 0.645. The van der Waals surface area contributed by atoms with Crippen LogP contribution in [0.4, 0.5) is 0 Å². The van der Waals surface area contributed by atoms with E-state index in [4.69, 9.17) is 10.2 Å². The summed E-state index contributed by atoms with van der Waals surface area (Å²) >= 11 is 0. The fourth-order valence-electron chi connectivity index (χ4n) is 0.855. The maximum absolute atomic E-state index is 11.1. The summed E-state index contributed by atoms with van der Waals surface area (Å²) in [4.78, 5) is 22.2. The Hall–Kier alpha value is -1.66. The van der Waals surface area contributed by atoms with Gasteiger partial charge in [0.05, 0.1) is 25.4 Å². The Kier molecular flexibility index (Phi) is 10.7. The zero-order valence-electron chi connectivity index (χ0n) is 10.1. The molecule has 0 heterocycles. The first kappa shape index (κ1) is 16.3. The molecule has 0 saturated heterocycles. The van der Waals surface area contributed by atoms with Gasteiger partial charge in [-0.05, 0) is 25.0 Å². The van der Waals surface area contributed by atoms with Crippen LogP contribution in [0.1, 0.15) is 25.7 Å². The van der Waals surface area contributed by atoms with E-state index >= 15 is 0 Å². The SMILES string of the molecule is O=C(CCC(=O)OC=CCCO)OC=CCCO. The Bertz CT molecular complexity index is 265. The zero-order valence-corrected chi connectivity index (χ0v) is 10.1. The molecule has 0 aliphatic rings. The highest BCUT2D eigenvalue weighted by molar-refractivity contribution is 5.78. The highest BCUT2D eigenvalue weighted by Gasteiger charge is 2.07. The summed E-state index contributed by atoms with van der Waals surface area (Å²) < 4.78 is 9.30. The summed E-state index contributed by atoms with van der Waals surface area (Å²) in [5, 5.41) is 16.9. The van der Waals surface area contributed by atoms with Gasteiger partial charge in [-0.25, -0.2) is 0 Å². The minimum Gasteiger partial charge on any atom is -0.435 e. The Balaban J connectivity index is 3.62. The minimum atomic E-state index is -0.541. The van der Waals surface area contributed by atoms with Crippen LogP contribution in [0.15, 0.2) is 24.7 Å². The van der Waals surface area contributed by atoms with E-state index in [0.29, 0.717) is 12.8 Å². The molecule has 0 spiro atoms. The molecule has 0 atom stereocenters. The van der Waals surface area contributed by atoms with E-state index in [2.05, 4.69) is 9.47 Å². The van der Waals surface area contributed by atoms with Gasteiger partial charge < -0.3 is 19.7 Å². The van der Waals surface area contributed by atoms with Crippen LogP contribution in [0.25, 0.3) is 0 Å². The number of esters is 2. The molecule has 0 radical (unpaired) electrons. The van der Waals surface area contributed by atoms with Gasteiger partial charge in [0, 0.05) is 13.2 Å². The lowest BCUT2D eigenvalue weighted by Gasteiger charge is -1.99. The van der Waals surface area contributed by atoms with Gasteiger partial charge in [-0.3, -0.25) is 9.59 Å². The third-order valence-corrected chi connectivity index (χ3v) is 1.72. The van der Waals surface area contributed by atoms with Crippen LogP contribution in [0.3, 0.4) is 0 Å². The van der Waals surface area contributed by atoms with Gasteiger partial charge in [0.1, 0.15) is 0 Å². The van der Waals surface area contributed by atoms with Gasteiger partial charge in [0.2, 0.25) is 0 Å². The molecule has 6 heteroatoms. The van der Waals surface area contributed by atoms with Gasteiger partial charge in [0.15, 0.2) is 0 Å². The maximum atomic E-state index is 11.1. The Morgan fingerprint density at radius 2 is 1.22 bits per heavy atom. The number of hydrogen-bond donors (Lipinski definition) is 2. The van der Waals surface area contributed by atoms with Crippen molar-refractivity contribution in [3.8, 4) is 0 Å². The van der Waals surface area contributed by atoms with Crippen LogP contribution in [-0.2, 0) is 19.1 Å². The van der Waals surface area contributed by atoms with E-state index in [1.807, 2.05) is 0 Å². The molecule has 0 saturated carbocycles. The molecule has 0 unspecified atom stereocenters. The van der Waals surface area contributed by atoms with Gasteiger partial charge in [0.25, 0.3) is 0 Å². The molecule has 0 fully saturated rings. The predicted molar refractivity (Wildman–Crippen MR) is 63.1 cm³/mol. The van der Waals surface area contributed by atoms with E-state index in [1.165, 1.54) is 24.7 Å². The van der Waals surface area contributed by atoms with Gasteiger partial charge in [-0.15, -0.1) is 0 Å². The minimum absolute atomic E-state index is 0.0133. The molecule has 0 bridgehead atoms. The summed E-state index contributed by atoms with van der Waals surface area (Å²) in [6.45, 7) is -0.0267. The quantitative estimate of drug-likeness (QED) is 0.466. The first-order chi connectivity index (χ1) is 8.70. The van der Waals surface area contributed by atoms with Crippen molar-refractivity contribution in [2.45, 2.75) is 25.7 Å². The van der Waals surface area contributed by atoms with E-state index in [9.17, 15) is 9.59 Å². The Morgan fingerprint density at radius 3 is 1.56 bits per heavy atom. The van der Waals surface area contributed by atoms with E-state index in [-0.39, 0.29) is 26.1 Å². The summed E-state index contributed by atoms with van der Waals surface area (Å²) in [7, 11) is 0. The highest BCUT2D eigenvalue weighted by atomic mass is 16.5. The molecule has 0 aromatic carbocycles. The number of carbonyl (C=O) groups excluding carboxylic acids is 2. The molecule has 102 valence electrons. The van der Waals surface area contributed by atoms with Crippen molar-refractivity contribution in [3.63, 3.8) is 0 Å². The molecule has 6 nitrogen and oxygen atoms in total. The summed E-state index contributed by atoms with van der Waals surface area (Å²) in [5.41, 5.74) is 0. The molecule has 0 aliphatic carbocycles. The summed E-state index contributed by atoms with van der Waals surface area (Å²) in [6.07, 6.45) is 6.06. The van der Waals surface area contributed by atoms with Crippen molar-refractivity contribution in [3.05, 3.63) is 24.7 Å². The lowest BCUT2D eigenvalue weighted by Crippen LogP contribution is -2.06. The second-order valence-electron chi connectivity index (χ2n) is 3.25. The van der Waals surface area contributed by atoms with Gasteiger partial charge in [-0.1, -0.05) is 0 Å². The third-order valence-electron chi connectivity index (χ3n) is 1.72.